The first-order chi connectivity index (χ1) is 9.15. The molecule has 100 valence electrons. The monoisotopic (exact) mass is 260 g/mol. The molecule has 1 aromatic heterocycles. The molecule has 0 spiro atoms. The Labute approximate surface area is 111 Å². The van der Waals surface area contributed by atoms with Crippen LogP contribution in [0.15, 0.2) is 30.7 Å². The number of aliphatic hydroxyl groups excluding tert-OH is 1. The summed E-state index contributed by atoms with van der Waals surface area (Å²) in [4.78, 5) is 4.13. The van der Waals surface area contributed by atoms with E-state index in [2.05, 4.69) is 9.55 Å². The molecule has 2 aromatic rings. The summed E-state index contributed by atoms with van der Waals surface area (Å²) in [5.74, 6) is -0.237. The van der Waals surface area contributed by atoms with E-state index in [9.17, 15) is 9.50 Å². The van der Waals surface area contributed by atoms with E-state index in [0.717, 1.165) is 29.7 Å². The quantitative estimate of drug-likeness (QED) is 0.917. The molecule has 0 aliphatic heterocycles. The molecular weight excluding hydrogens is 243 g/mol. The zero-order valence-electron chi connectivity index (χ0n) is 10.9. The van der Waals surface area contributed by atoms with Crippen LogP contribution < -0.4 is 0 Å². The van der Waals surface area contributed by atoms with E-state index in [1.165, 1.54) is 12.1 Å². The number of nitrogens with zero attached hydrogens (tertiary/aromatic N) is 2. The highest BCUT2D eigenvalue weighted by Gasteiger charge is 2.27. The number of aromatic nitrogens is 2. The third-order valence-electron chi connectivity index (χ3n) is 3.70. The molecule has 1 saturated carbocycles. The summed E-state index contributed by atoms with van der Waals surface area (Å²) in [6.45, 7) is 1.86. The second-order valence-electron chi connectivity index (χ2n) is 5.25. The number of aliphatic hydroxyl groups is 1. The summed E-state index contributed by atoms with van der Waals surface area (Å²) >= 11 is 0. The molecule has 0 radical (unpaired) electrons. The van der Waals surface area contributed by atoms with Crippen LogP contribution in [-0.2, 0) is 6.42 Å². The van der Waals surface area contributed by atoms with E-state index in [1.54, 1.807) is 18.6 Å². The summed E-state index contributed by atoms with van der Waals surface area (Å²) in [5.41, 5.74) is 2.69. The maximum absolute atomic E-state index is 13.1. The molecule has 0 saturated heterocycles. The Morgan fingerprint density at radius 1 is 1.47 bits per heavy atom. The first kappa shape index (κ1) is 12.4. The molecular formula is C15H17FN2O. The van der Waals surface area contributed by atoms with Gasteiger partial charge in [-0.1, -0.05) is 6.07 Å². The van der Waals surface area contributed by atoms with Crippen molar-refractivity contribution >= 4 is 0 Å². The zero-order chi connectivity index (χ0) is 13.4. The standard InChI is InChI=1S/C15H17FN2O/c1-10-6-12(16)3-2-11(10)7-15(19)14-8-17-9-18(14)13-4-5-13/h2-3,6,8-9,13,15,19H,4-5,7H2,1H3. The lowest BCUT2D eigenvalue weighted by Crippen LogP contribution is -2.09. The zero-order valence-corrected chi connectivity index (χ0v) is 10.9. The number of rotatable bonds is 4. The maximum atomic E-state index is 13.1. The third-order valence-corrected chi connectivity index (χ3v) is 3.70. The molecule has 1 N–H and O–H groups in total. The van der Waals surface area contributed by atoms with Crippen LogP contribution in [0.5, 0.6) is 0 Å². The summed E-state index contributed by atoms with van der Waals surface area (Å²) in [6, 6.07) is 5.18. The predicted molar refractivity (Wildman–Crippen MR) is 70.3 cm³/mol. The molecule has 19 heavy (non-hydrogen) atoms. The molecule has 0 bridgehead atoms. The van der Waals surface area contributed by atoms with E-state index in [1.807, 2.05) is 6.92 Å². The van der Waals surface area contributed by atoms with Gasteiger partial charge in [-0.3, -0.25) is 0 Å². The molecule has 1 unspecified atom stereocenters. The second kappa shape index (κ2) is 4.78. The van der Waals surface area contributed by atoms with Crippen molar-refractivity contribution in [2.45, 2.75) is 38.3 Å². The molecule has 3 nitrogen and oxygen atoms in total. The fourth-order valence-corrected chi connectivity index (χ4v) is 2.43. The molecule has 3 rings (SSSR count). The lowest BCUT2D eigenvalue weighted by atomic mass is 10.0. The predicted octanol–water partition coefficient (Wildman–Crippen LogP) is 2.94. The highest BCUT2D eigenvalue weighted by Crippen LogP contribution is 2.37. The molecule has 1 atom stereocenters. The molecule has 1 aliphatic carbocycles. The van der Waals surface area contributed by atoms with Crippen molar-refractivity contribution in [3.63, 3.8) is 0 Å². The van der Waals surface area contributed by atoms with Gasteiger partial charge in [0.25, 0.3) is 0 Å². The second-order valence-corrected chi connectivity index (χ2v) is 5.25. The minimum Gasteiger partial charge on any atom is -0.386 e. The molecule has 0 amide bonds. The SMILES string of the molecule is Cc1cc(F)ccc1CC(O)c1cncn1C1CC1. The van der Waals surface area contributed by atoms with Gasteiger partial charge in [-0.2, -0.15) is 0 Å². The topological polar surface area (TPSA) is 38.1 Å². The van der Waals surface area contributed by atoms with Gasteiger partial charge in [-0.15, -0.1) is 0 Å². The van der Waals surface area contributed by atoms with Gasteiger partial charge >= 0.3 is 0 Å². The summed E-state index contributed by atoms with van der Waals surface area (Å²) in [5, 5.41) is 10.4. The number of hydrogen-bond donors (Lipinski definition) is 1. The first-order valence-electron chi connectivity index (χ1n) is 6.60. The van der Waals surface area contributed by atoms with Crippen LogP contribution in [0.1, 0.15) is 41.8 Å². The van der Waals surface area contributed by atoms with Gasteiger partial charge < -0.3 is 9.67 Å². The first-order valence-corrected chi connectivity index (χ1v) is 6.60. The van der Waals surface area contributed by atoms with Gasteiger partial charge in [-0.05, 0) is 43.0 Å². The fourth-order valence-electron chi connectivity index (χ4n) is 2.43. The molecule has 4 heteroatoms. The van der Waals surface area contributed by atoms with Crippen molar-refractivity contribution in [2.75, 3.05) is 0 Å². The summed E-state index contributed by atoms with van der Waals surface area (Å²) in [6.07, 6.45) is 5.73. The van der Waals surface area contributed by atoms with Crippen molar-refractivity contribution in [1.29, 1.82) is 0 Å². The lowest BCUT2D eigenvalue weighted by Gasteiger charge is -2.15. The summed E-state index contributed by atoms with van der Waals surface area (Å²) in [7, 11) is 0. The number of aryl methyl sites for hydroxylation is 1. The van der Waals surface area contributed by atoms with Crippen LogP contribution in [0.2, 0.25) is 0 Å². The Kier molecular flexibility index (Phi) is 3.11. The van der Waals surface area contributed by atoms with Crippen molar-refractivity contribution in [3.05, 3.63) is 53.4 Å². The van der Waals surface area contributed by atoms with E-state index in [0.29, 0.717) is 12.5 Å². The van der Waals surface area contributed by atoms with E-state index in [-0.39, 0.29) is 5.82 Å². The van der Waals surface area contributed by atoms with Gasteiger partial charge in [0.15, 0.2) is 0 Å². The Morgan fingerprint density at radius 3 is 2.95 bits per heavy atom. The average Bonchev–Trinajstić information content (AvgIpc) is 3.10. The van der Waals surface area contributed by atoms with Crippen LogP contribution in [-0.4, -0.2) is 14.7 Å². The maximum Gasteiger partial charge on any atom is 0.123 e. The molecule has 1 aliphatic rings. The molecule has 1 aromatic carbocycles. The van der Waals surface area contributed by atoms with Gasteiger partial charge in [-0.25, -0.2) is 9.37 Å². The largest absolute Gasteiger partial charge is 0.386 e. The Morgan fingerprint density at radius 2 is 2.26 bits per heavy atom. The van der Waals surface area contributed by atoms with Gasteiger partial charge in [0.05, 0.1) is 24.3 Å². The number of imidazole rings is 1. The van der Waals surface area contributed by atoms with Crippen molar-refractivity contribution in [2.24, 2.45) is 0 Å². The number of halogens is 1. The van der Waals surface area contributed by atoms with Crippen molar-refractivity contribution in [1.82, 2.24) is 9.55 Å². The van der Waals surface area contributed by atoms with Gasteiger partial charge in [0.1, 0.15) is 5.82 Å². The van der Waals surface area contributed by atoms with Gasteiger partial charge in [0, 0.05) is 12.5 Å². The average molecular weight is 260 g/mol. The van der Waals surface area contributed by atoms with Crippen molar-refractivity contribution < 1.29 is 9.50 Å². The minimum absolute atomic E-state index is 0.237. The Bertz CT molecular complexity index is 590. The highest BCUT2D eigenvalue weighted by atomic mass is 19.1. The smallest absolute Gasteiger partial charge is 0.123 e. The van der Waals surface area contributed by atoms with Crippen LogP contribution >= 0.6 is 0 Å². The number of hydrogen-bond acceptors (Lipinski definition) is 2. The molecule has 1 heterocycles. The normalized spacial score (nSPS) is 16.6. The van der Waals surface area contributed by atoms with Crippen molar-refractivity contribution in [3.8, 4) is 0 Å². The van der Waals surface area contributed by atoms with Crippen LogP contribution in [0.3, 0.4) is 0 Å². The fraction of sp³-hybridized carbons (Fsp3) is 0.400. The Hall–Kier alpha value is -1.68. The lowest BCUT2D eigenvalue weighted by molar-refractivity contribution is 0.168. The highest BCUT2D eigenvalue weighted by molar-refractivity contribution is 5.28. The van der Waals surface area contributed by atoms with Gasteiger partial charge in [0.2, 0.25) is 0 Å². The van der Waals surface area contributed by atoms with Crippen LogP contribution in [0.25, 0.3) is 0 Å². The van der Waals surface area contributed by atoms with E-state index < -0.39 is 6.10 Å². The molecule has 1 fully saturated rings. The third kappa shape index (κ3) is 2.54. The minimum atomic E-state index is -0.590. The van der Waals surface area contributed by atoms with Crippen LogP contribution in [0.4, 0.5) is 4.39 Å². The van der Waals surface area contributed by atoms with Crippen LogP contribution in [0, 0.1) is 12.7 Å². The van der Waals surface area contributed by atoms with E-state index >= 15 is 0 Å². The number of benzene rings is 1. The van der Waals surface area contributed by atoms with E-state index in [4.69, 9.17) is 0 Å². The summed E-state index contributed by atoms with van der Waals surface area (Å²) < 4.78 is 15.1. The Balaban J connectivity index is 1.80.